The fourth-order valence-electron chi connectivity index (χ4n) is 3.45. The molecule has 0 radical (unpaired) electrons. The van der Waals surface area contributed by atoms with Gasteiger partial charge in [0.15, 0.2) is 0 Å². The molecule has 0 fully saturated rings. The highest BCUT2D eigenvalue weighted by Crippen LogP contribution is 2.35. The Hall–Kier alpha value is -3.32. The van der Waals surface area contributed by atoms with Crippen LogP contribution in [0, 0.1) is 0 Å². The maximum atomic E-state index is 10.4. The summed E-state index contributed by atoms with van der Waals surface area (Å²) in [5.41, 5.74) is 3.02. The smallest absolute Gasteiger partial charge is 0.146 e. The number of methoxy groups -OCH3 is 2. The summed E-state index contributed by atoms with van der Waals surface area (Å²) in [6, 6.07) is 15.2. The van der Waals surface area contributed by atoms with Gasteiger partial charge in [-0.25, -0.2) is 9.97 Å². The van der Waals surface area contributed by atoms with Gasteiger partial charge >= 0.3 is 0 Å². The summed E-state index contributed by atoms with van der Waals surface area (Å²) in [5, 5.41) is 17.0. The Morgan fingerprint density at radius 2 is 1.82 bits per heavy atom. The molecule has 1 aromatic heterocycles. The molecule has 0 spiro atoms. The molecule has 4 rings (SSSR count). The summed E-state index contributed by atoms with van der Waals surface area (Å²) < 4.78 is 10.6. The zero-order valence-corrected chi connectivity index (χ0v) is 15.7. The number of aliphatic hydroxyl groups excluding tert-OH is 1. The van der Waals surface area contributed by atoms with Crippen LogP contribution in [0.25, 0.3) is 0 Å². The first-order valence-electron chi connectivity index (χ1n) is 9.01. The SMILES string of the molecule is COc1ccc(Nc2cc(N[C@H]3c4ccccc4C[C@H]3O)ncn2)c(OC)c1. The molecule has 7 heteroatoms. The summed E-state index contributed by atoms with van der Waals surface area (Å²) in [4.78, 5) is 8.58. The summed E-state index contributed by atoms with van der Waals surface area (Å²) in [6.07, 6.45) is 1.62. The maximum Gasteiger partial charge on any atom is 0.146 e. The number of nitrogens with zero attached hydrogens (tertiary/aromatic N) is 2. The van der Waals surface area contributed by atoms with E-state index in [0.717, 1.165) is 16.8 Å². The summed E-state index contributed by atoms with van der Waals surface area (Å²) in [6.45, 7) is 0. The van der Waals surface area contributed by atoms with Crippen molar-refractivity contribution in [1.82, 2.24) is 9.97 Å². The third-order valence-corrected chi connectivity index (χ3v) is 4.85. The van der Waals surface area contributed by atoms with Gasteiger partial charge in [-0.15, -0.1) is 0 Å². The van der Waals surface area contributed by atoms with Gasteiger partial charge in [0.05, 0.1) is 32.1 Å². The van der Waals surface area contributed by atoms with Crippen LogP contribution >= 0.6 is 0 Å². The Labute approximate surface area is 163 Å². The van der Waals surface area contributed by atoms with Crippen molar-refractivity contribution in [3.05, 3.63) is 66.0 Å². The second-order valence-electron chi connectivity index (χ2n) is 6.57. The summed E-state index contributed by atoms with van der Waals surface area (Å²) in [5.74, 6) is 2.60. The van der Waals surface area contributed by atoms with Crippen LogP contribution in [-0.4, -0.2) is 35.4 Å². The van der Waals surface area contributed by atoms with E-state index in [9.17, 15) is 5.11 Å². The third-order valence-electron chi connectivity index (χ3n) is 4.85. The average Bonchev–Trinajstić information content (AvgIpc) is 3.04. The van der Waals surface area contributed by atoms with E-state index in [2.05, 4.69) is 20.6 Å². The molecule has 28 heavy (non-hydrogen) atoms. The number of hydrogen-bond acceptors (Lipinski definition) is 7. The molecule has 0 saturated heterocycles. The van der Waals surface area contributed by atoms with E-state index in [0.29, 0.717) is 29.6 Å². The Morgan fingerprint density at radius 1 is 1.00 bits per heavy atom. The van der Waals surface area contributed by atoms with Crippen molar-refractivity contribution in [1.29, 1.82) is 0 Å². The Kier molecular flexibility index (Phi) is 4.99. The molecular weight excluding hydrogens is 356 g/mol. The zero-order chi connectivity index (χ0) is 19.5. The topological polar surface area (TPSA) is 88.5 Å². The number of fused-ring (bicyclic) bond motifs is 1. The lowest BCUT2D eigenvalue weighted by Gasteiger charge is -2.19. The number of aliphatic hydroxyl groups is 1. The first-order valence-corrected chi connectivity index (χ1v) is 9.01. The van der Waals surface area contributed by atoms with E-state index >= 15 is 0 Å². The van der Waals surface area contributed by atoms with Gasteiger partial charge in [-0.05, 0) is 23.3 Å². The van der Waals surface area contributed by atoms with Crippen LogP contribution < -0.4 is 20.1 Å². The lowest BCUT2D eigenvalue weighted by atomic mass is 10.1. The van der Waals surface area contributed by atoms with Crippen molar-refractivity contribution in [3.63, 3.8) is 0 Å². The molecule has 1 aliphatic rings. The van der Waals surface area contributed by atoms with E-state index in [1.807, 2.05) is 36.4 Å². The van der Waals surface area contributed by atoms with Crippen LogP contribution in [0.5, 0.6) is 11.5 Å². The molecule has 144 valence electrons. The van der Waals surface area contributed by atoms with E-state index in [4.69, 9.17) is 9.47 Å². The second-order valence-corrected chi connectivity index (χ2v) is 6.57. The van der Waals surface area contributed by atoms with Crippen molar-refractivity contribution in [2.24, 2.45) is 0 Å². The number of hydrogen-bond donors (Lipinski definition) is 3. The predicted molar refractivity (Wildman–Crippen MR) is 107 cm³/mol. The fraction of sp³-hybridized carbons (Fsp3) is 0.238. The van der Waals surface area contributed by atoms with Crippen LogP contribution in [-0.2, 0) is 6.42 Å². The summed E-state index contributed by atoms with van der Waals surface area (Å²) in [7, 11) is 3.21. The van der Waals surface area contributed by atoms with Crippen LogP contribution in [0.4, 0.5) is 17.3 Å². The van der Waals surface area contributed by atoms with Gasteiger partial charge in [0.1, 0.15) is 29.5 Å². The van der Waals surface area contributed by atoms with Crippen molar-refractivity contribution < 1.29 is 14.6 Å². The minimum absolute atomic E-state index is 0.200. The van der Waals surface area contributed by atoms with Gasteiger partial charge < -0.3 is 25.2 Å². The molecule has 1 heterocycles. The highest BCUT2D eigenvalue weighted by molar-refractivity contribution is 5.67. The molecule has 3 aromatic rings. The Morgan fingerprint density at radius 3 is 2.64 bits per heavy atom. The highest BCUT2D eigenvalue weighted by Gasteiger charge is 2.30. The monoisotopic (exact) mass is 378 g/mol. The molecule has 2 atom stereocenters. The zero-order valence-electron chi connectivity index (χ0n) is 15.7. The van der Waals surface area contributed by atoms with Crippen molar-refractivity contribution in [2.45, 2.75) is 18.6 Å². The van der Waals surface area contributed by atoms with E-state index in [-0.39, 0.29) is 6.04 Å². The number of anilines is 3. The standard InChI is InChI=1S/C21H22N4O3/c1-27-14-7-8-16(18(10-14)28-2)24-19-11-20(23-12-22-19)25-21-15-6-4-3-5-13(15)9-17(21)26/h3-8,10-12,17,21,26H,9H2,1-2H3,(H2,22,23,24,25)/t17-,21+/m1/s1. The molecular formula is C21H22N4O3. The average molecular weight is 378 g/mol. The number of benzene rings is 2. The normalized spacial score (nSPS) is 17.7. The van der Waals surface area contributed by atoms with Crippen LogP contribution in [0.3, 0.4) is 0 Å². The molecule has 7 nitrogen and oxygen atoms in total. The Balaban J connectivity index is 1.54. The second kappa shape index (κ2) is 7.74. The molecule has 0 aliphatic heterocycles. The molecule has 0 unspecified atom stereocenters. The summed E-state index contributed by atoms with van der Waals surface area (Å²) >= 11 is 0. The Bertz CT molecular complexity index is 979. The predicted octanol–water partition coefficient (Wildman–Crippen LogP) is 3.31. The maximum absolute atomic E-state index is 10.4. The first-order chi connectivity index (χ1) is 13.7. The van der Waals surface area contributed by atoms with Crippen LogP contribution in [0.2, 0.25) is 0 Å². The van der Waals surface area contributed by atoms with Gasteiger partial charge in [-0.3, -0.25) is 0 Å². The molecule has 3 N–H and O–H groups in total. The van der Waals surface area contributed by atoms with Crippen molar-refractivity contribution in [3.8, 4) is 11.5 Å². The van der Waals surface area contributed by atoms with Gasteiger partial charge in [-0.1, -0.05) is 24.3 Å². The van der Waals surface area contributed by atoms with Crippen molar-refractivity contribution in [2.75, 3.05) is 24.9 Å². The van der Waals surface area contributed by atoms with Crippen molar-refractivity contribution >= 4 is 17.3 Å². The van der Waals surface area contributed by atoms with Crippen LogP contribution in [0.1, 0.15) is 17.2 Å². The molecule has 0 amide bonds. The lowest BCUT2D eigenvalue weighted by molar-refractivity contribution is 0.165. The van der Waals surface area contributed by atoms with Gasteiger partial charge in [0.2, 0.25) is 0 Å². The quantitative estimate of drug-likeness (QED) is 0.606. The van der Waals surface area contributed by atoms with Gasteiger partial charge in [-0.2, -0.15) is 0 Å². The third kappa shape index (κ3) is 3.57. The van der Waals surface area contributed by atoms with E-state index < -0.39 is 6.10 Å². The molecule has 0 bridgehead atoms. The van der Waals surface area contributed by atoms with E-state index in [1.54, 1.807) is 26.4 Å². The number of aromatic nitrogens is 2. The number of rotatable bonds is 6. The molecule has 0 saturated carbocycles. The minimum atomic E-state index is -0.495. The molecule has 2 aromatic carbocycles. The number of ether oxygens (including phenoxy) is 2. The van der Waals surface area contributed by atoms with Gasteiger partial charge in [0, 0.05) is 18.6 Å². The fourth-order valence-corrected chi connectivity index (χ4v) is 3.45. The van der Waals surface area contributed by atoms with Crippen LogP contribution in [0.15, 0.2) is 54.9 Å². The molecule has 1 aliphatic carbocycles. The highest BCUT2D eigenvalue weighted by atomic mass is 16.5. The number of nitrogens with one attached hydrogen (secondary N) is 2. The first kappa shape index (κ1) is 18.1. The largest absolute Gasteiger partial charge is 0.497 e. The van der Waals surface area contributed by atoms with E-state index in [1.165, 1.54) is 6.33 Å². The van der Waals surface area contributed by atoms with Gasteiger partial charge in [0.25, 0.3) is 0 Å². The lowest BCUT2D eigenvalue weighted by Crippen LogP contribution is -2.21. The minimum Gasteiger partial charge on any atom is -0.497 e.